The molecule has 0 radical (unpaired) electrons. The number of allylic oxidation sites excluding steroid dienone is 1. The molecular formula is C11H6N2O2. The highest BCUT2D eigenvalue weighted by Crippen LogP contribution is 2.18. The molecule has 0 aliphatic carbocycles. The normalized spacial score (nSPS) is 8.40. The number of carbonyl (C=O) groups is 1. The molecule has 0 unspecified atom stereocenters. The first kappa shape index (κ1) is 10.5. The molecule has 0 aliphatic rings. The summed E-state index contributed by atoms with van der Waals surface area (Å²) >= 11 is 0. The number of carboxylic acid groups (broad SMARTS) is 1. The van der Waals surface area contributed by atoms with Gasteiger partial charge in [-0.15, -0.1) is 0 Å². The third-order valence-corrected chi connectivity index (χ3v) is 1.75. The fraction of sp³-hybridized carbons (Fsp3) is 0. The third kappa shape index (κ3) is 2.20. The number of nitriles is 2. The monoisotopic (exact) mass is 198 g/mol. The highest BCUT2D eigenvalue weighted by atomic mass is 16.4. The Morgan fingerprint density at radius 3 is 2.07 bits per heavy atom. The molecule has 0 saturated heterocycles. The Bertz CT molecular complexity index is 474. The Morgan fingerprint density at radius 2 is 1.67 bits per heavy atom. The minimum atomic E-state index is -1.28. The van der Waals surface area contributed by atoms with Gasteiger partial charge < -0.3 is 5.11 Å². The van der Waals surface area contributed by atoms with E-state index in [9.17, 15) is 4.79 Å². The van der Waals surface area contributed by atoms with Gasteiger partial charge >= 0.3 is 5.97 Å². The predicted octanol–water partition coefficient (Wildman–Crippen LogP) is 1.57. The SMILES string of the molecule is N#CC(C#N)=C(C(=O)O)c1ccccc1. The molecule has 0 saturated carbocycles. The highest BCUT2D eigenvalue weighted by molar-refractivity contribution is 6.18. The summed E-state index contributed by atoms with van der Waals surface area (Å²) in [4.78, 5) is 10.9. The fourth-order valence-electron chi connectivity index (χ4n) is 1.12. The van der Waals surface area contributed by atoms with Gasteiger partial charge in [-0.3, -0.25) is 0 Å². The van der Waals surface area contributed by atoms with E-state index < -0.39 is 11.5 Å². The predicted molar refractivity (Wildman–Crippen MR) is 52.2 cm³/mol. The number of rotatable bonds is 2. The molecule has 0 amide bonds. The van der Waals surface area contributed by atoms with Gasteiger partial charge in [-0.2, -0.15) is 10.5 Å². The lowest BCUT2D eigenvalue weighted by molar-refractivity contribution is -0.130. The van der Waals surface area contributed by atoms with Gasteiger partial charge in [0.05, 0.1) is 5.57 Å². The molecule has 4 nitrogen and oxygen atoms in total. The maximum absolute atomic E-state index is 10.9. The highest BCUT2D eigenvalue weighted by Gasteiger charge is 2.16. The van der Waals surface area contributed by atoms with Gasteiger partial charge in [0.1, 0.15) is 17.7 Å². The van der Waals surface area contributed by atoms with E-state index in [4.69, 9.17) is 15.6 Å². The summed E-state index contributed by atoms with van der Waals surface area (Å²) in [6, 6.07) is 11.2. The van der Waals surface area contributed by atoms with Gasteiger partial charge in [0.25, 0.3) is 0 Å². The van der Waals surface area contributed by atoms with E-state index in [0.29, 0.717) is 5.56 Å². The van der Waals surface area contributed by atoms with Crippen LogP contribution in [0.2, 0.25) is 0 Å². The quantitative estimate of drug-likeness (QED) is 0.577. The average Bonchev–Trinajstić information content (AvgIpc) is 2.26. The standard InChI is InChI=1S/C11H6N2O2/c12-6-9(7-13)10(11(14)15)8-4-2-1-3-5-8/h1-5H,(H,14,15). The van der Waals surface area contributed by atoms with Crippen molar-refractivity contribution in [2.24, 2.45) is 0 Å². The Kier molecular flexibility index (Phi) is 3.21. The van der Waals surface area contributed by atoms with Crippen molar-refractivity contribution in [2.45, 2.75) is 0 Å². The van der Waals surface area contributed by atoms with Crippen LogP contribution in [0.25, 0.3) is 5.57 Å². The molecular weight excluding hydrogens is 192 g/mol. The fourth-order valence-corrected chi connectivity index (χ4v) is 1.12. The van der Waals surface area contributed by atoms with Crippen molar-refractivity contribution in [3.63, 3.8) is 0 Å². The first-order valence-electron chi connectivity index (χ1n) is 4.04. The first-order chi connectivity index (χ1) is 7.20. The molecule has 0 bridgehead atoms. The summed E-state index contributed by atoms with van der Waals surface area (Å²) in [5.74, 6) is -1.28. The molecule has 0 heterocycles. The zero-order valence-electron chi connectivity index (χ0n) is 7.64. The van der Waals surface area contributed by atoms with Crippen LogP contribution in [-0.4, -0.2) is 11.1 Å². The van der Waals surface area contributed by atoms with Crippen molar-refractivity contribution in [3.8, 4) is 12.1 Å². The Balaban J connectivity index is 3.43. The minimum Gasteiger partial charge on any atom is -0.478 e. The number of hydrogen-bond donors (Lipinski definition) is 1. The molecule has 72 valence electrons. The van der Waals surface area contributed by atoms with E-state index in [0.717, 1.165) is 0 Å². The molecule has 0 atom stereocenters. The summed E-state index contributed by atoms with van der Waals surface area (Å²) in [5.41, 5.74) is -0.308. The summed E-state index contributed by atoms with van der Waals surface area (Å²) in [6.07, 6.45) is 0. The molecule has 0 spiro atoms. The number of nitrogens with zero attached hydrogens (tertiary/aromatic N) is 2. The number of hydrogen-bond acceptors (Lipinski definition) is 3. The smallest absolute Gasteiger partial charge is 0.338 e. The second kappa shape index (κ2) is 4.59. The van der Waals surface area contributed by atoms with Crippen molar-refractivity contribution < 1.29 is 9.90 Å². The molecule has 15 heavy (non-hydrogen) atoms. The van der Waals surface area contributed by atoms with Crippen LogP contribution in [0.4, 0.5) is 0 Å². The van der Waals surface area contributed by atoms with Gasteiger partial charge in [0.2, 0.25) is 0 Å². The van der Waals surface area contributed by atoms with Gasteiger partial charge in [-0.25, -0.2) is 4.79 Å². The second-order valence-electron chi connectivity index (χ2n) is 2.64. The van der Waals surface area contributed by atoms with Crippen LogP contribution in [0.5, 0.6) is 0 Å². The van der Waals surface area contributed by atoms with E-state index in [1.165, 1.54) is 12.1 Å². The zero-order valence-corrected chi connectivity index (χ0v) is 7.64. The largest absolute Gasteiger partial charge is 0.478 e. The maximum atomic E-state index is 10.9. The van der Waals surface area contributed by atoms with Gasteiger partial charge in [-0.05, 0) is 5.56 Å². The Hall–Kier alpha value is -2.59. The van der Waals surface area contributed by atoms with Crippen LogP contribution >= 0.6 is 0 Å². The molecule has 1 aromatic carbocycles. The molecule has 0 aromatic heterocycles. The van der Waals surface area contributed by atoms with Gasteiger partial charge in [0.15, 0.2) is 0 Å². The van der Waals surface area contributed by atoms with E-state index in [-0.39, 0.29) is 5.57 Å². The van der Waals surface area contributed by atoms with E-state index >= 15 is 0 Å². The van der Waals surface area contributed by atoms with Crippen LogP contribution < -0.4 is 0 Å². The van der Waals surface area contributed by atoms with Gasteiger partial charge in [0, 0.05) is 0 Å². The van der Waals surface area contributed by atoms with Crippen molar-refractivity contribution >= 4 is 11.5 Å². The van der Waals surface area contributed by atoms with Crippen LogP contribution in [0.15, 0.2) is 35.9 Å². The first-order valence-corrected chi connectivity index (χ1v) is 4.04. The number of carboxylic acids is 1. The lowest BCUT2D eigenvalue weighted by Crippen LogP contribution is -2.02. The minimum absolute atomic E-state index is 0.263. The van der Waals surface area contributed by atoms with Crippen LogP contribution in [0.3, 0.4) is 0 Å². The zero-order chi connectivity index (χ0) is 11.3. The molecule has 4 heteroatoms. The lowest BCUT2D eigenvalue weighted by Gasteiger charge is -2.01. The average molecular weight is 198 g/mol. The Labute approximate surface area is 86.3 Å². The summed E-state index contributed by atoms with van der Waals surface area (Å²) in [7, 11) is 0. The molecule has 1 aromatic rings. The summed E-state index contributed by atoms with van der Waals surface area (Å²) < 4.78 is 0. The van der Waals surface area contributed by atoms with Crippen LogP contribution in [-0.2, 0) is 4.79 Å². The molecule has 1 rings (SSSR count). The Morgan fingerprint density at radius 1 is 1.13 bits per heavy atom. The van der Waals surface area contributed by atoms with E-state index in [1.54, 1.807) is 30.3 Å². The molecule has 0 fully saturated rings. The second-order valence-corrected chi connectivity index (χ2v) is 2.64. The molecule has 0 aliphatic heterocycles. The summed E-state index contributed by atoms with van der Waals surface area (Å²) in [6.45, 7) is 0. The lowest BCUT2D eigenvalue weighted by atomic mass is 10.0. The van der Waals surface area contributed by atoms with Crippen molar-refractivity contribution in [1.82, 2.24) is 0 Å². The number of benzene rings is 1. The van der Waals surface area contributed by atoms with E-state index in [2.05, 4.69) is 0 Å². The number of aliphatic carboxylic acids is 1. The van der Waals surface area contributed by atoms with Crippen LogP contribution in [0, 0.1) is 22.7 Å². The summed E-state index contributed by atoms with van der Waals surface area (Å²) in [5, 5.41) is 26.1. The third-order valence-electron chi connectivity index (χ3n) is 1.75. The topological polar surface area (TPSA) is 84.9 Å². The van der Waals surface area contributed by atoms with Crippen molar-refractivity contribution in [1.29, 1.82) is 10.5 Å². The van der Waals surface area contributed by atoms with E-state index in [1.807, 2.05) is 0 Å². The van der Waals surface area contributed by atoms with Crippen molar-refractivity contribution in [3.05, 3.63) is 41.5 Å². The maximum Gasteiger partial charge on any atom is 0.338 e. The van der Waals surface area contributed by atoms with Crippen molar-refractivity contribution in [2.75, 3.05) is 0 Å². The molecule has 1 N–H and O–H groups in total. The van der Waals surface area contributed by atoms with Gasteiger partial charge in [-0.1, -0.05) is 30.3 Å². The van der Waals surface area contributed by atoms with Crippen LogP contribution in [0.1, 0.15) is 5.56 Å².